The number of hydrazone groups is 1. The van der Waals surface area contributed by atoms with Gasteiger partial charge in [-0.3, -0.25) is 4.79 Å². The molecule has 0 fully saturated rings. The lowest BCUT2D eigenvalue weighted by atomic mass is 10.0. The van der Waals surface area contributed by atoms with Gasteiger partial charge in [-0.25, -0.2) is 5.43 Å². The van der Waals surface area contributed by atoms with Crippen molar-refractivity contribution >= 4 is 12.1 Å². The predicted molar refractivity (Wildman–Crippen MR) is 91.0 cm³/mol. The minimum atomic E-state index is -0.0705. The largest absolute Gasteiger partial charge is 0.273 e. The quantitative estimate of drug-likeness (QED) is 0.637. The Labute approximate surface area is 132 Å². The van der Waals surface area contributed by atoms with Gasteiger partial charge in [-0.1, -0.05) is 68.4 Å². The Morgan fingerprint density at radius 1 is 1.09 bits per heavy atom. The van der Waals surface area contributed by atoms with Crippen molar-refractivity contribution in [3.05, 3.63) is 71.3 Å². The molecule has 0 spiro atoms. The Bertz CT molecular complexity index is 616. The Hall–Kier alpha value is -2.42. The molecule has 0 saturated carbocycles. The number of hydrogen-bond acceptors (Lipinski definition) is 2. The summed E-state index contributed by atoms with van der Waals surface area (Å²) in [5, 5.41) is 4.00. The third kappa shape index (κ3) is 5.17. The van der Waals surface area contributed by atoms with Crippen LogP contribution in [0.3, 0.4) is 0 Å². The number of amides is 1. The van der Waals surface area contributed by atoms with Crippen LogP contribution in [0.1, 0.15) is 42.9 Å². The van der Waals surface area contributed by atoms with Crippen molar-refractivity contribution in [2.24, 2.45) is 5.10 Å². The molecule has 0 unspecified atom stereocenters. The average Bonchev–Trinajstić information content (AvgIpc) is 2.54. The van der Waals surface area contributed by atoms with E-state index in [2.05, 4.69) is 36.5 Å². The molecule has 114 valence electrons. The fourth-order valence-corrected chi connectivity index (χ4v) is 2.10. The predicted octanol–water partition coefficient (Wildman–Crippen LogP) is 3.89. The lowest BCUT2D eigenvalue weighted by Crippen LogP contribution is -2.17. The third-order valence-corrected chi connectivity index (χ3v) is 3.49. The zero-order valence-corrected chi connectivity index (χ0v) is 13.1. The molecule has 1 amide bonds. The second kappa shape index (κ2) is 8.13. The van der Waals surface area contributed by atoms with Gasteiger partial charge in [-0.05, 0) is 29.0 Å². The van der Waals surface area contributed by atoms with Gasteiger partial charge < -0.3 is 0 Å². The van der Waals surface area contributed by atoms with Gasteiger partial charge >= 0.3 is 0 Å². The normalized spacial score (nSPS) is 11.0. The van der Waals surface area contributed by atoms with Gasteiger partial charge in [-0.2, -0.15) is 5.10 Å². The van der Waals surface area contributed by atoms with E-state index < -0.39 is 0 Å². The topological polar surface area (TPSA) is 41.5 Å². The molecule has 2 rings (SSSR count). The number of nitrogens with one attached hydrogen (secondary N) is 1. The molecule has 2 aromatic carbocycles. The number of carbonyl (C=O) groups excluding carboxylic acids is 1. The smallest absolute Gasteiger partial charge is 0.240 e. The number of carbonyl (C=O) groups is 1. The second-order valence-corrected chi connectivity index (χ2v) is 5.60. The highest BCUT2D eigenvalue weighted by Gasteiger charge is 2.00. The van der Waals surface area contributed by atoms with Crippen molar-refractivity contribution in [1.29, 1.82) is 0 Å². The summed E-state index contributed by atoms with van der Waals surface area (Å²) in [4.78, 5) is 11.7. The van der Waals surface area contributed by atoms with Gasteiger partial charge in [0.1, 0.15) is 0 Å². The zero-order chi connectivity index (χ0) is 15.8. The van der Waals surface area contributed by atoms with E-state index in [0.717, 1.165) is 17.5 Å². The molecule has 0 aromatic heterocycles. The van der Waals surface area contributed by atoms with E-state index in [1.807, 2.05) is 42.5 Å². The lowest BCUT2D eigenvalue weighted by molar-refractivity contribution is -0.121. The maximum absolute atomic E-state index is 11.7. The van der Waals surface area contributed by atoms with E-state index in [-0.39, 0.29) is 5.91 Å². The Morgan fingerprint density at radius 3 is 2.41 bits per heavy atom. The minimum Gasteiger partial charge on any atom is -0.273 e. The van der Waals surface area contributed by atoms with Crippen molar-refractivity contribution < 1.29 is 4.79 Å². The van der Waals surface area contributed by atoms with Crippen LogP contribution in [0, 0.1) is 0 Å². The first-order valence-electron chi connectivity index (χ1n) is 7.61. The Kier molecular flexibility index (Phi) is 5.90. The first-order valence-corrected chi connectivity index (χ1v) is 7.61. The van der Waals surface area contributed by atoms with Gasteiger partial charge in [-0.15, -0.1) is 0 Å². The highest BCUT2D eigenvalue weighted by molar-refractivity contribution is 5.82. The number of aryl methyl sites for hydroxylation is 1. The molecule has 0 aliphatic carbocycles. The van der Waals surface area contributed by atoms with Gasteiger partial charge in [0.2, 0.25) is 5.91 Å². The zero-order valence-electron chi connectivity index (χ0n) is 13.1. The van der Waals surface area contributed by atoms with Crippen LogP contribution in [0.5, 0.6) is 0 Å². The third-order valence-electron chi connectivity index (χ3n) is 3.49. The summed E-state index contributed by atoms with van der Waals surface area (Å²) in [7, 11) is 0. The van der Waals surface area contributed by atoms with Crippen LogP contribution in [0.15, 0.2) is 59.7 Å². The summed E-state index contributed by atoms with van der Waals surface area (Å²) in [6, 6.07) is 18.2. The fourth-order valence-electron chi connectivity index (χ4n) is 2.10. The maximum Gasteiger partial charge on any atom is 0.240 e. The number of hydrogen-bond donors (Lipinski definition) is 1. The van der Waals surface area contributed by atoms with Gasteiger partial charge in [0.25, 0.3) is 0 Å². The Balaban J connectivity index is 1.78. The molecular weight excluding hydrogens is 272 g/mol. The number of nitrogens with zero attached hydrogens (tertiary/aromatic N) is 1. The monoisotopic (exact) mass is 294 g/mol. The van der Waals surface area contributed by atoms with E-state index in [1.54, 1.807) is 6.21 Å². The van der Waals surface area contributed by atoms with Gasteiger partial charge in [0, 0.05) is 6.42 Å². The van der Waals surface area contributed by atoms with E-state index in [0.29, 0.717) is 12.3 Å². The van der Waals surface area contributed by atoms with Gasteiger partial charge in [0.15, 0.2) is 0 Å². The summed E-state index contributed by atoms with van der Waals surface area (Å²) >= 11 is 0. The number of benzene rings is 2. The maximum atomic E-state index is 11.7. The molecule has 2 aromatic rings. The number of rotatable bonds is 6. The van der Waals surface area contributed by atoms with Crippen LogP contribution in [-0.2, 0) is 11.2 Å². The summed E-state index contributed by atoms with van der Waals surface area (Å²) in [6.07, 6.45) is 2.84. The van der Waals surface area contributed by atoms with Gasteiger partial charge in [0.05, 0.1) is 6.21 Å². The standard InChI is InChI=1S/C19H22N2O/c1-15(2)18-11-8-17(9-12-18)14-20-21-19(22)13-10-16-6-4-3-5-7-16/h3-9,11-12,14-15H,10,13H2,1-2H3,(H,21,22). The molecule has 0 aliphatic rings. The van der Waals surface area contributed by atoms with Crippen molar-refractivity contribution in [3.63, 3.8) is 0 Å². The molecule has 3 nitrogen and oxygen atoms in total. The van der Waals surface area contributed by atoms with Crippen LogP contribution < -0.4 is 5.43 Å². The molecule has 0 heterocycles. The highest BCUT2D eigenvalue weighted by atomic mass is 16.2. The Morgan fingerprint density at radius 2 is 1.77 bits per heavy atom. The van der Waals surface area contributed by atoms with E-state index in [9.17, 15) is 4.79 Å². The lowest BCUT2D eigenvalue weighted by Gasteiger charge is -2.04. The van der Waals surface area contributed by atoms with E-state index in [4.69, 9.17) is 0 Å². The second-order valence-electron chi connectivity index (χ2n) is 5.60. The first-order chi connectivity index (χ1) is 10.6. The van der Waals surface area contributed by atoms with Crippen molar-refractivity contribution in [2.45, 2.75) is 32.6 Å². The van der Waals surface area contributed by atoms with Crippen LogP contribution in [0.2, 0.25) is 0 Å². The van der Waals surface area contributed by atoms with Crippen molar-refractivity contribution in [2.75, 3.05) is 0 Å². The molecule has 3 heteroatoms. The first kappa shape index (κ1) is 16.0. The van der Waals surface area contributed by atoms with Crippen molar-refractivity contribution in [3.8, 4) is 0 Å². The fraction of sp³-hybridized carbons (Fsp3) is 0.263. The van der Waals surface area contributed by atoms with E-state index in [1.165, 1.54) is 5.56 Å². The summed E-state index contributed by atoms with van der Waals surface area (Å²) in [6.45, 7) is 4.33. The molecule has 0 saturated heterocycles. The SMILES string of the molecule is CC(C)c1ccc(C=NNC(=O)CCc2ccccc2)cc1. The molecular formula is C19H22N2O. The molecule has 0 aliphatic heterocycles. The molecule has 0 bridgehead atoms. The summed E-state index contributed by atoms with van der Waals surface area (Å²) in [5.41, 5.74) is 6.00. The van der Waals surface area contributed by atoms with E-state index >= 15 is 0 Å². The minimum absolute atomic E-state index is 0.0705. The van der Waals surface area contributed by atoms with Crippen LogP contribution >= 0.6 is 0 Å². The summed E-state index contributed by atoms with van der Waals surface area (Å²) < 4.78 is 0. The molecule has 1 N–H and O–H groups in total. The van der Waals surface area contributed by atoms with Crippen molar-refractivity contribution in [1.82, 2.24) is 5.43 Å². The summed E-state index contributed by atoms with van der Waals surface area (Å²) in [5.74, 6) is 0.447. The van der Waals surface area contributed by atoms with Crippen LogP contribution in [-0.4, -0.2) is 12.1 Å². The molecule has 22 heavy (non-hydrogen) atoms. The van der Waals surface area contributed by atoms with Crippen LogP contribution in [0.25, 0.3) is 0 Å². The van der Waals surface area contributed by atoms with Crippen LogP contribution in [0.4, 0.5) is 0 Å². The highest BCUT2D eigenvalue weighted by Crippen LogP contribution is 2.13. The molecule has 0 radical (unpaired) electrons. The average molecular weight is 294 g/mol. The molecule has 0 atom stereocenters.